The van der Waals surface area contributed by atoms with E-state index in [0.29, 0.717) is 12.3 Å². The van der Waals surface area contributed by atoms with Crippen molar-refractivity contribution in [3.63, 3.8) is 0 Å². The van der Waals surface area contributed by atoms with E-state index in [1.807, 2.05) is 16.7 Å². The summed E-state index contributed by atoms with van der Waals surface area (Å²) in [4.78, 5) is 12.0. The van der Waals surface area contributed by atoms with Gasteiger partial charge in [-0.25, -0.2) is 0 Å². The predicted molar refractivity (Wildman–Crippen MR) is 78.6 cm³/mol. The Morgan fingerprint density at radius 3 is 2.95 bits per heavy atom. The van der Waals surface area contributed by atoms with E-state index in [9.17, 15) is 4.79 Å². The molecule has 0 atom stereocenters. The Labute approximate surface area is 126 Å². The minimum Gasteiger partial charge on any atom is -0.459 e. The summed E-state index contributed by atoms with van der Waals surface area (Å²) in [7, 11) is 0. The maximum atomic E-state index is 12.0. The molecule has 110 valence electrons. The van der Waals surface area contributed by atoms with Crippen LogP contribution in [0.1, 0.15) is 27.8 Å². The zero-order chi connectivity index (χ0) is 14.9. The summed E-state index contributed by atoms with van der Waals surface area (Å²) in [6.07, 6.45) is 3.30. The minimum absolute atomic E-state index is 0.258. The second-order valence-electron chi connectivity index (χ2n) is 5.16. The van der Waals surface area contributed by atoms with E-state index in [2.05, 4.69) is 27.6 Å². The first-order valence-electron chi connectivity index (χ1n) is 7.16. The van der Waals surface area contributed by atoms with Crippen molar-refractivity contribution >= 4 is 5.91 Å². The van der Waals surface area contributed by atoms with Crippen LogP contribution in [0, 0.1) is 0 Å². The molecule has 1 aliphatic rings. The number of benzene rings is 1. The van der Waals surface area contributed by atoms with E-state index in [-0.39, 0.29) is 5.91 Å². The van der Waals surface area contributed by atoms with Gasteiger partial charge in [0.05, 0.1) is 18.5 Å². The molecule has 3 heterocycles. The van der Waals surface area contributed by atoms with E-state index in [1.54, 1.807) is 12.1 Å². The highest BCUT2D eigenvalue weighted by Gasteiger charge is 2.21. The number of nitrogens with zero attached hydrogens (tertiary/aromatic N) is 3. The number of nitrogens with one attached hydrogen (secondary N) is 1. The van der Waals surface area contributed by atoms with Gasteiger partial charge in [-0.05, 0) is 30.2 Å². The smallest absolute Gasteiger partial charge is 0.287 e. The summed E-state index contributed by atoms with van der Waals surface area (Å²) in [5.41, 5.74) is 2.37. The molecule has 0 unspecified atom stereocenters. The van der Waals surface area contributed by atoms with Crippen molar-refractivity contribution in [2.75, 3.05) is 0 Å². The van der Waals surface area contributed by atoms with Crippen molar-refractivity contribution in [2.45, 2.75) is 19.4 Å². The number of para-hydroxylation sites is 1. The van der Waals surface area contributed by atoms with Crippen LogP contribution in [0.2, 0.25) is 0 Å². The Balaban J connectivity index is 1.60. The quantitative estimate of drug-likeness (QED) is 0.800. The molecule has 0 saturated carbocycles. The third-order valence-electron chi connectivity index (χ3n) is 3.80. The molecule has 1 aliphatic heterocycles. The molecular weight excluding hydrogens is 280 g/mol. The van der Waals surface area contributed by atoms with Crippen LogP contribution < -0.4 is 5.32 Å². The van der Waals surface area contributed by atoms with E-state index in [0.717, 1.165) is 30.2 Å². The van der Waals surface area contributed by atoms with Gasteiger partial charge in [-0.15, -0.1) is 10.2 Å². The third-order valence-corrected chi connectivity index (χ3v) is 3.80. The Morgan fingerprint density at radius 1 is 1.18 bits per heavy atom. The summed E-state index contributed by atoms with van der Waals surface area (Å²) in [6.45, 7) is 0.306. The van der Waals surface area contributed by atoms with Gasteiger partial charge in [0, 0.05) is 6.42 Å². The second kappa shape index (κ2) is 5.14. The highest BCUT2D eigenvalue weighted by atomic mass is 16.3. The van der Waals surface area contributed by atoms with Crippen molar-refractivity contribution in [3.05, 3.63) is 65.6 Å². The predicted octanol–water partition coefficient (Wildman–Crippen LogP) is 1.89. The van der Waals surface area contributed by atoms with Gasteiger partial charge >= 0.3 is 0 Å². The number of furan rings is 1. The van der Waals surface area contributed by atoms with Gasteiger partial charge in [0.15, 0.2) is 11.6 Å². The molecule has 0 radical (unpaired) electrons. The number of carbonyl (C=O) groups excluding carboxylic acids is 1. The van der Waals surface area contributed by atoms with Crippen molar-refractivity contribution in [2.24, 2.45) is 0 Å². The summed E-state index contributed by atoms with van der Waals surface area (Å²) in [6, 6.07) is 11.5. The Morgan fingerprint density at radius 2 is 2.09 bits per heavy atom. The fourth-order valence-electron chi connectivity index (χ4n) is 2.75. The first kappa shape index (κ1) is 12.8. The average molecular weight is 294 g/mol. The van der Waals surface area contributed by atoms with Crippen LogP contribution in [-0.2, 0) is 19.4 Å². The Bertz CT molecular complexity index is 821. The molecule has 0 aliphatic carbocycles. The summed E-state index contributed by atoms with van der Waals surface area (Å²) < 4.78 is 7.11. The number of rotatable bonds is 3. The minimum atomic E-state index is -0.258. The fraction of sp³-hybridized carbons (Fsp3) is 0.188. The number of aryl methyl sites for hydroxylation is 2. The fourth-order valence-corrected chi connectivity index (χ4v) is 2.75. The van der Waals surface area contributed by atoms with Gasteiger partial charge in [-0.2, -0.15) is 0 Å². The number of hydrogen-bond donors (Lipinski definition) is 1. The number of carbonyl (C=O) groups is 1. The maximum absolute atomic E-state index is 12.0. The summed E-state index contributed by atoms with van der Waals surface area (Å²) >= 11 is 0. The molecule has 6 nitrogen and oxygen atoms in total. The zero-order valence-corrected chi connectivity index (χ0v) is 11.8. The standard InChI is InChI=1S/C16H14N4O2/c21-16(13-6-3-9-22-13)17-10-15-19-18-14-8-7-11-4-1-2-5-12(11)20(14)15/h1-6,9H,7-8,10H2,(H,17,21). The molecule has 6 heteroatoms. The number of hydrogen-bond acceptors (Lipinski definition) is 4. The molecule has 4 rings (SSSR count). The van der Waals surface area contributed by atoms with Crippen LogP contribution in [0.5, 0.6) is 0 Å². The molecule has 1 aromatic carbocycles. The SMILES string of the molecule is O=C(NCc1nnc2n1-c1ccccc1CC2)c1ccco1. The lowest BCUT2D eigenvalue weighted by Crippen LogP contribution is -2.25. The molecular formula is C16H14N4O2. The lowest BCUT2D eigenvalue weighted by atomic mass is 10.0. The van der Waals surface area contributed by atoms with Crippen LogP contribution >= 0.6 is 0 Å². The molecule has 0 bridgehead atoms. The van der Waals surface area contributed by atoms with E-state index < -0.39 is 0 Å². The molecule has 0 fully saturated rings. The van der Waals surface area contributed by atoms with Gasteiger partial charge in [-0.3, -0.25) is 9.36 Å². The largest absolute Gasteiger partial charge is 0.459 e. The van der Waals surface area contributed by atoms with Crippen LogP contribution in [0.15, 0.2) is 47.1 Å². The monoisotopic (exact) mass is 294 g/mol. The van der Waals surface area contributed by atoms with Crippen molar-refractivity contribution in [3.8, 4) is 5.69 Å². The topological polar surface area (TPSA) is 73.0 Å². The second-order valence-corrected chi connectivity index (χ2v) is 5.16. The highest BCUT2D eigenvalue weighted by molar-refractivity contribution is 5.91. The number of aromatic nitrogens is 3. The molecule has 2 aromatic heterocycles. The molecule has 1 N–H and O–H groups in total. The molecule has 22 heavy (non-hydrogen) atoms. The Hall–Kier alpha value is -2.89. The summed E-state index contributed by atoms with van der Waals surface area (Å²) in [5.74, 6) is 1.69. The third kappa shape index (κ3) is 2.09. The Kier molecular flexibility index (Phi) is 3.00. The number of amides is 1. The van der Waals surface area contributed by atoms with E-state index in [4.69, 9.17) is 4.42 Å². The highest BCUT2D eigenvalue weighted by Crippen LogP contribution is 2.24. The van der Waals surface area contributed by atoms with Gasteiger partial charge in [0.25, 0.3) is 5.91 Å². The lowest BCUT2D eigenvalue weighted by Gasteiger charge is -2.19. The maximum Gasteiger partial charge on any atom is 0.287 e. The average Bonchev–Trinajstić information content (AvgIpc) is 3.22. The van der Waals surface area contributed by atoms with Crippen molar-refractivity contribution in [1.29, 1.82) is 0 Å². The van der Waals surface area contributed by atoms with Crippen molar-refractivity contribution < 1.29 is 9.21 Å². The van der Waals surface area contributed by atoms with Gasteiger partial charge in [0.1, 0.15) is 5.82 Å². The lowest BCUT2D eigenvalue weighted by molar-refractivity contribution is 0.0922. The van der Waals surface area contributed by atoms with Crippen LogP contribution in [-0.4, -0.2) is 20.7 Å². The first-order chi connectivity index (χ1) is 10.8. The molecule has 1 amide bonds. The van der Waals surface area contributed by atoms with Crippen LogP contribution in [0.4, 0.5) is 0 Å². The number of fused-ring (bicyclic) bond motifs is 3. The van der Waals surface area contributed by atoms with E-state index in [1.165, 1.54) is 11.8 Å². The first-order valence-corrected chi connectivity index (χ1v) is 7.16. The zero-order valence-electron chi connectivity index (χ0n) is 11.8. The van der Waals surface area contributed by atoms with Crippen molar-refractivity contribution in [1.82, 2.24) is 20.1 Å². The van der Waals surface area contributed by atoms with E-state index >= 15 is 0 Å². The molecule has 3 aromatic rings. The van der Waals surface area contributed by atoms with Gasteiger partial charge < -0.3 is 9.73 Å². The van der Waals surface area contributed by atoms with Crippen LogP contribution in [0.25, 0.3) is 5.69 Å². The normalized spacial score (nSPS) is 12.5. The van der Waals surface area contributed by atoms with Gasteiger partial charge in [0.2, 0.25) is 0 Å². The molecule has 0 saturated heterocycles. The summed E-state index contributed by atoms with van der Waals surface area (Å²) in [5, 5.41) is 11.3. The van der Waals surface area contributed by atoms with Gasteiger partial charge in [-0.1, -0.05) is 18.2 Å². The van der Waals surface area contributed by atoms with Crippen LogP contribution in [0.3, 0.4) is 0 Å². The molecule has 0 spiro atoms.